The van der Waals surface area contributed by atoms with Crippen molar-refractivity contribution in [2.75, 3.05) is 12.8 Å². The van der Waals surface area contributed by atoms with E-state index in [9.17, 15) is 4.79 Å². The Labute approximate surface area is 85.0 Å². The highest BCUT2D eigenvalue weighted by Gasteiger charge is 2.10. The van der Waals surface area contributed by atoms with Crippen LogP contribution in [0.1, 0.15) is 15.9 Å². The number of hydrogen-bond donors (Lipinski definition) is 1. The summed E-state index contributed by atoms with van der Waals surface area (Å²) in [5, 5.41) is 0.609. The average molecular weight is 244 g/mol. The van der Waals surface area contributed by atoms with Crippen LogP contribution in [-0.4, -0.2) is 13.1 Å². The molecule has 70 valence electrons. The van der Waals surface area contributed by atoms with Crippen LogP contribution in [0.4, 0.5) is 5.69 Å². The van der Waals surface area contributed by atoms with Crippen molar-refractivity contribution in [3.8, 4) is 0 Å². The maximum absolute atomic E-state index is 11.2. The molecule has 0 amide bonds. The predicted molar refractivity (Wildman–Crippen MR) is 54.8 cm³/mol. The second-order valence-corrected chi connectivity index (χ2v) is 3.10. The molecule has 0 bridgehead atoms. The number of halogens is 1. The molecule has 13 heavy (non-hydrogen) atoms. The van der Waals surface area contributed by atoms with Gasteiger partial charge < -0.3 is 10.5 Å². The molecule has 0 heterocycles. The first-order valence-corrected chi connectivity index (χ1v) is 4.84. The molecule has 0 aliphatic rings. The Morgan fingerprint density at radius 1 is 1.62 bits per heavy atom. The minimum atomic E-state index is -0.359. The van der Waals surface area contributed by atoms with Gasteiger partial charge in [-0.15, -0.1) is 0 Å². The Kier molecular flexibility index (Phi) is 3.31. The molecule has 0 saturated heterocycles. The smallest absolute Gasteiger partial charge is 0.338 e. The summed E-state index contributed by atoms with van der Waals surface area (Å²) in [4.78, 5) is 11.2. The van der Waals surface area contributed by atoms with Gasteiger partial charge in [0.05, 0.1) is 12.7 Å². The molecule has 0 aromatic heterocycles. The Hall–Kier alpha value is -1.03. The first kappa shape index (κ1) is 10.1. The van der Waals surface area contributed by atoms with Crippen molar-refractivity contribution >= 4 is 27.6 Å². The summed E-state index contributed by atoms with van der Waals surface area (Å²) in [5.74, 6) is -0.359. The Balaban J connectivity index is 3.15. The molecule has 0 aliphatic heterocycles. The fourth-order valence-electron chi connectivity index (χ4n) is 1.01. The van der Waals surface area contributed by atoms with Crippen LogP contribution >= 0.6 is 15.9 Å². The van der Waals surface area contributed by atoms with E-state index in [1.807, 2.05) is 0 Å². The molecule has 2 N–H and O–H groups in total. The molecular formula is C9H10BrNO2. The van der Waals surface area contributed by atoms with Crippen LogP contribution < -0.4 is 5.73 Å². The fourth-order valence-corrected chi connectivity index (χ4v) is 1.50. The first-order chi connectivity index (χ1) is 6.19. The van der Waals surface area contributed by atoms with Crippen molar-refractivity contribution in [3.63, 3.8) is 0 Å². The minimum Gasteiger partial charge on any atom is -0.465 e. The number of benzene rings is 1. The third kappa shape index (κ3) is 2.21. The van der Waals surface area contributed by atoms with Gasteiger partial charge in [-0.05, 0) is 17.7 Å². The van der Waals surface area contributed by atoms with Gasteiger partial charge in [0.1, 0.15) is 0 Å². The highest BCUT2D eigenvalue weighted by molar-refractivity contribution is 9.08. The number of hydrogen-bond acceptors (Lipinski definition) is 3. The van der Waals surface area contributed by atoms with Gasteiger partial charge in [-0.25, -0.2) is 4.79 Å². The third-order valence-electron chi connectivity index (χ3n) is 1.68. The summed E-state index contributed by atoms with van der Waals surface area (Å²) in [6, 6.07) is 5.17. The maximum Gasteiger partial charge on any atom is 0.338 e. The zero-order valence-electron chi connectivity index (χ0n) is 7.21. The first-order valence-electron chi connectivity index (χ1n) is 3.71. The second-order valence-electron chi connectivity index (χ2n) is 2.54. The molecule has 1 aromatic rings. The number of rotatable bonds is 2. The number of alkyl halides is 1. The van der Waals surface area contributed by atoms with E-state index in [1.54, 1.807) is 18.2 Å². The SMILES string of the molecule is COC(=O)c1cc(N)ccc1CBr. The number of nitrogens with two attached hydrogens (primary N) is 1. The van der Waals surface area contributed by atoms with Gasteiger partial charge in [0.25, 0.3) is 0 Å². The number of carbonyl (C=O) groups excluding carboxylic acids is 1. The van der Waals surface area contributed by atoms with Gasteiger partial charge >= 0.3 is 5.97 Å². The number of anilines is 1. The summed E-state index contributed by atoms with van der Waals surface area (Å²) >= 11 is 3.28. The Bertz CT molecular complexity index is 325. The van der Waals surface area contributed by atoms with Gasteiger partial charge in [-0.3, -0.25) is 0 Å². The van der Waals surface area contributed by atoms with Crippen molar-refractivity contribution in [3.05, 3.63) is 29.3 Å². The number of esters is 1. The largest absolute Gasteiger partial charge is 0.465 e. The second kappa shape index (κ2) is 4.28. The molecule has 0 spiro atoms. The van der Waals surface area contributed by atoms with Crippen LogP contribution in [0.15, 0.2) is 18.2 Å². The number of methoxy groups -OCH3 is 1. The normalized spacial score (nSPS) is 9.69. The predicted octanol–water partition coefficient (Wildman–Crippen LogP) is 1.95. The molecule has 0 radical (unpaired) electrons. The molecule has 0 atom stereocenters. The van der Waals surface area contributed by atoms with Crippen LogP contribution in [0.25, 0.3) is 0 Å². The monoisotopic (exact) mass is 243 g/mol. The molecule has 0 unspecified atom stereocenters. The minimum absolute atomic E-state index is 0.359. The lowest BCUT2D eigenvalue weighted by Gasteiger charge is -2.05. The Morgan fingerprint density at radius 2 is 2.31 bits per heavy atom. The molecule has 0 saturated carbocycles. The van der Waals surface area contributed by atoms with Crippen LogP contribution in [-0.2, 0) is 10.1 Å². The zero-order chi connectivity index (χ0) is 9.84. The van der Waals surface area contributed by atoms with E-state index in [0.29, 0.717) is 16.6 Å². The van der Waals surface area contributed by atoms with E-state index in [1.165, 1.54) is 7.11 Å². The van der Waals surface area contributed by atoms with Crippen molar-refractivity contribution in [1.29, 1.82) is 0 Å². The van der Waals surface area contributed by atoms with Gasteiger partial charge in [0, 0.05) is 11.0 Å². The van der Waals surface area contributed by atoms with Gasteiger partial charge in [0.15, 0.2) is 0 Å². The summed E-state index contributed by atoms with van der Waals surface area (Å²) in [7, 11) is 1.35. The Morgan fingerprint density at radius 3 is 2.85 bits per heavy atom. The maximum atomic E-state index is 11.2. The molecular weight excluding hydrogens is 234 g/mol. The average Bonchev–Trinajstić information content (AvgIpc) is 2.16. The van der Waals surface area contributed by atoms with Gasteiger partial charge in [-0.2, -0.15) is 0 Å². The van der Waals surface area contributed by atoms with Gasteiger partial charge in [0.2, 0.25) is 0 Å². The topological polar surface area (TPSA) is 52.3 Å². The summed E-state index contributed by atoms with van der Waals surface area (Å²) < 4.78 is 4.62. The number of ether oxygens (including phenoxy) is 1. The molecule has 1 rings (SSSR count). The van der Waals surface area contributed by atoms with Crippen molar-refractivity contribution in [1.82, 2.24) is 0 Å². The zero-order valence-corrected chi connectivity index (χ0v) is 8.80. The van der Waals surface area contributed by atoms with Crippen LogP contribution in [0, 0.1) is 0 Å². The van der Waals surface area contributed by atoms with Crippen molar-refractivity contribution in [2.24, 2.45) is 0 Å². The highest BCUT2D eigenvalue weighted by Crippen LogP contribution is 2.17. The molecule has 0 fully saturated rings. The molecule has 4 heteroatoms. The molecule has 1 aromatic carbocycles. The van der Waals surface area contributed by atoms with Crippen molar-refractivity contribution < 1.29 is 9.53 Å². The molecule has 3 nitrogen and oxygen atoms in total. The van der Waals surface area contributed by atoms with E-state index >= 15 is 0 Å². The van der Waals surface area contributed by atoms with E-state index in [4.69, 9.17) is 5.73 Å². The van der Waals surface area contributed by atoms with E-state index in [2.05, 4.69) is 20.7 Å². The highest BCUT2D eigenvalue weighted by atomic mass is 79.9. The van der Waals surface area contributed by atoms with Crippen LogP contribution in [0.2, 0.25) is 0 Å². The van der Waals surface area contributed by atoms with E-state index in [-0.39, 0.29) is 5.97 Å². The van der Waals surface area contributed by atoms with Crippen molar-refractivity contribution in [2.45, 2.75) is 5.33 Å². The van der Waals surface area contributed by atoms with Crippen LogP contribution in [0.3, 0.4) is 0 Å². The standard InChI is InChI=1S/C9H10BrNO2/c1-13-9(12)8-4-7(11)3-2-6(8)5-10/h2-4H,5,11H2,1H3. The third-order valence-corrected chi connectivity index (χ3v) is 2.29. The van der Waals surface area contributed by atoms with E-state index < -0.39 is 0 Å². The van der Waals surface area contributed by atoms with E-state index in [0.717, 1.165) is 5.56 Å². The van der Waals surface area contributed by atoms with Crippen LogP contribution in [0.5, 0.6) is 0 Å². The lowest BCUT2D eigenvalue weighted by Crippen LogP contribution is -2.05. The lowest BCUT2D eigenvalue weighted by atomic mass is 10.1. The summed E-state index contributed by atoms with van der Waals surface area (Å²) in [6.07, 6.45) is 0. The van der Waals surface area contributed by atoms with Gasteiger partial charge in [-0.1, -0.05) is 22.0 Å². The lowest BCUT2D eigenvalue weighted by molar-refractivity contribution is 0.0600. The number of carbonyl (C=O) groups is 1. The summed E-state index contributed by atoms with van der Waals surface area (Å²) in [6.45, 7) is 0. The number of nitrogen functional groups attached to an aromatic ring is 1. The fraction of sp³-hybridized carbons (Fsp3) is 0.222. The molecule has 0 aliphatic carbocycles. The quantitative estimate of drug-likeness (QED) is 0.491. The summed E-state index contributed by atoms with van der Waals surface area (Å²) in [5.41, 5.74) is 7.50.